The first-order valence-corrected chi connectivity index (χ1v) is 7.06. The molecule has 1 aromatic heterocycles. The minimum atomic E-state index is -0.0198. The first-order chi connectivity index (χ1) is 9.79. The van der Waals surface area contributed by atoms with Crippen LogP contribution in [0.4, 0.5) is 0 Å². The Morgan fingerprint density at radius 3 is 2.85 bits per heavy atom. The lowest BCUT2D eigenvalue weighted by molar-refractivity contribution is 0.350. The summed E-state index contributed by atoms with van der Waals surface area (Å²) in [5.74, 6) is 1.80. The van der Waals surface area contributed by atoms with Gasteiger partial charge in [0.05, 0.1) is 12.6 Å². The van der Waals surface area contributed by atoms with Gasteiger partial charge in [0.1, 0.15) is 11.6 Å². The van der Waals surface area contributed by atoms with Crippen LogP contribution < -0.4 is 10.1 Å². The summed E-state index contributed by atoms with van der Waals surface area (Å²) in [6.07, 6.45) is 4.70. The highest BCUT2D eigenvalue weighted by Gasteiger charge is 2.24. The molecular weight excluding hydrogens is 250 g/mol. The molecule has 0 bridgehead atoms. The Morgan fingerprint density at radius 1 is 1.30 bits per heavy atom. The lowest BCUT2D eigenvalue weighted by Gasteiger charge is -2.19. The van der Waals surface area contributed by atoms with E-state index in [-0.39, 0.29) is 6.04 Å². The molecular formula is C16H19N3O. The predicted molar refractivity (Wildman–Crippen MR) is 77.9 cm³/mol. The van der Waals surface area contributed by atoms with E-state index in [9.17, 15) is 0 Å². The normalized spacial score (nSPS) is 14.7. The quantitative estimate of drug-likeness (QED) is 0.926. The van der Waals surface area contributed by atoms with E-state index >= 15 is 0 Å². The minimum Gasteiger partial charge on any atom is -0.493 e. The summed E-state index contributed by atoms with van der Waals surface area (Å²) in [7, 11) is 0. The molecule has 104 valence electrons. The smallest absolute Gasteiger partial charge is 0.149 e. The molecule has 3 rings (SSSR count). The highest BCUT2D eigenvalue weighted by Crippen LogP contribution is 2.35. The highest BCUT2D eigenvalue weighted by molar-refractivity contribution is 5.47. The summed E-state index contributed by atoms with van der Waals surface area (Å²) >= 11 is 0. The van der Waals surface area contributed by atoms with Crippen molar-refractivity contribution in [2.24, 2.45) is 0 Å². The Bertz CT molecular complexity index is 595. The molecule has 20 heavy (non-hydrogen) atoms. The molecule has 2 heterocycles. The van der Waals surface area contributed by atoms with Crippen molar-refractivity contribution in [2.75, 3.05) is 13.2 Å². The number of nitrogens with zero attached hydrogens (tertiary/aromatic N) is 2. The number of ether oxygens (including phenoxy) is 1. The van der Waals surface area contributed by atoms with Crippen molar-refractivity contribution in [3.63, 3.8) is 0 Å². The number of aryl methyl sites for hydroxylation is 1. The molecule has 0 amide bonds. The fraction of sp³-hybridized carbons (Fsp3) is 0.375. The van der Waals surface area contributed by atoms with Gasteiger partial charge in [-0.2, -0.15) is 0 Å². The molecule has 1 aliphatic heterocycles. The van der Waals surface area contributed by atoms with Gasteiger partial charge in [0.15, 0.2) is 0 Å². The molecule has 1 aliphatic rings. The largest absolute Gasteiger partial charge is 0.493 e. The van der Waals surface area contributed by atoms with Gasteiger partial charge in [-0.05, 0) is 24.6 Å². The lowest BCUT2D eigenvalue weighted by atomic mass is 10.0. The predicted octanol–water partition coefficient (Wildman–Crippen LogP) is 2.42. The van der Waals surface area contributed by atoms with Crippen LogP contribution in [-0.4, -0.2) is 23.1 Å². The van der Waals surface area contributed by atoms with Gasteiger partial charge in [0.2, 0.25) is 0 Å². The van der Waals surface area contributed by atoms with Crippen LogP contribution in [0.25, 0.3) is 0 Å². The molecule has 0 saturated carbocycles. The van der Waals surface area contributed by atoms with Crippen LogP contribution in [-0.2, 0) is 6.42 Å². The third-order valence-corrected chi connectivity index (χ3v) is 3.52. The lowest BCUT2D eigenvalue weighted by Crippen LogP contribution is -2.24. The van der Waals surface area contributed by atoms with Crippen LogP contribution in [0.2, 0.25) is 0 Å². The molecule has 2 aromatic rings. The first-order valence-electron chi connectivity index (χ1n) is 7.06. The summed E-state index contributed by atoms with van der Waals surface area (Å²) in [6, 6.07) is 6.29. The maximum atomic E-state index is 5.81. The standard InChI is InChI=1S/C16H19N3O/c1-3-17-14(16-18-9-11(2)10-19-16)13-6-4-5-12-7-8-20-15(12)13/h4-6,9-10,14,17H,3,7-8H2,1-2H3. The van der Waals surface area contributed by atoms with Gasteiger partial charge >= 0.3 is 0 Å². The Hall–Kier alpha value is -1.94. The molecule has 0 aliphatic carbocycles. The van der Waals surface area contributed by atoms with Crippen molar-refractivity contribution in [1.29, 1.82) is 0 Å². The second-order valence-electron chi connectivity index (χ2n) is 5.04. The van der Waals surface area contributed by atoms with E-state index in [1.54, 1.807) is 0 Å². The Morgan fingerprint density at radius 2 is 2.10 bits per heavy atom. The number of fused-ring (bicyclic) bond motifs is 1. The molecule has 1 unspecified atom stereocenters. The van der Waals surface area contributed by atoms with Gasteiger partial charge in [-0.1, -0.05) is 25.1 Å². The molecule has 0 radical (unpaired) electrons. The Kier molecular flexibility index (Phi) is 3.65. The van der Waals surface area contributed by atoms with Crippen molar-refractivity contribution >= 4 is 0 Å². The van der Waals surface area contributed by atoms with Gasteiger partial charge in [0.25, 0.3) is 0 Å². The zero-order chi connectivity index (χ0) is 13.9. The molecule has 1 N–H and O–H groups in total. The van der Waals surface area contributed by atoms with Gasteiger partial charge in [-0.3, -0.25) is 0 Å². The molecule has 4 nitrogen and oxygen atoms in total. The van der Waals surface area contributed by atoms with Crippen molar-refractivity contribution < 1.29 is 4.74 Å². The van der Waals surface area contributed by atoms with Crippen molar-refractivity contribution in [3.8, 4) is 5.75 Å². The van der Waals surface area contributed by atoms with E-state index in [0.29, 0.717) is 0 Å². The van der Waals surface area contributed by atoms with Crippen molar-refractivity contribution in [2.45, 2.75) is 26.3 Å². The van der Waals surface area contributed by atoms with E-state index in [4.69, 9.17) is 4.74 Å². The summed E-state index contributed by atoms with van der Waals surface area (Å²) < 4.78 is 5.81. The fourth-order valence-corrected chi connectivity index (χ4v) is 2.56. The van der Waals surface area contributed by atoms with Crippen molar-refractivity contribution in [3.05, 3.63) is 53.1 Å². The number of benzene rings is 1. The zero-order valence-corrected chi connectivity index (χ0v) is 11.9. The van der Waals surface area contributed by atoms with Crippen LogP contribution in [0.5, 0.6) is 5.75 Å². The van der Waals surface area contributed by atoms with Crippen LogP contribution in [0.1, 0.15) is 35.5 Å². The molecule has 4 heteroatoms. The topological polar surface area (TPSA) is 47.0 Å². The van der Waals surface area contributed by atoms with E-state index in [1.807, 2.05) is 19.3 Å². The summed E-state index contributed by atoms with van der Waals surface area (Å²) in [4.78, 5) is 8.94. The molecule has 1 aromatic carbocycles. The zero-order valence-electron chi connectivity index (χ0n) is 11.9. The monoisotopic (exact) mass is 269 g/mol. The summed E-state index contributed by atoms with van der Waals surface area (Å²) in [5.41, 5.74) is 3.47. The minimum absolute atomic E-state index is 0.0198. The Balaban J connectivity index is 2.03. The summed E-state index contributed by atoms with van der Waals surface area (Å²) in [5, 5.41) is 3.46. The molecule has 1 atom stereocenters. The molecule has 0 saturated heterocycles. The number of nitrogens with one attached hydrogen (secondary N) is 1. The highest BCUT2D eigenvalue weighted by atomic mass is 16.5. The number of hydrogen-bond donors (Lipinski definition) is 1. The van der Waals surface area contributed by atoms with Gasteiger partial charge in [0, 0.05) is 24.4 Å². The number of hydrogen-bond acceptors (Lipinski definition) is 4. The van der Waals surface area contributed by atoms with E-state index in [2.05, 4.69) is 40.4 Å². The van der Waals surface area contributed by atoms with Crippen LogP contribution in [0.15, 0.2) is 30.6 Å². The third-order valence-electron chi connectivity index (χ3n) is 3.52. The average molecular weight is 269 g/mol. The Labute approximate surface area is 119 Å². The summed E-state index contributed by atoms with van der Waals surface area (Å²) in [6.45, 7) is 5.70. The van der Waals surface area contributed by atoms with Crippen LogP contribution >= 0.6 is 0 Å². The average Bonchev–Trinajstić information content (AvgIpc) is 2.94. The van der Waals surface area contributed by atoms with E-state index < -0.39 is 0 Å². The number of aromatic nitrogens is 2. The van der Waals surface area contributed by atoms with Crippen molar-refractivity contribution in [1.82, 2.24) is 15.3 Å². The molecule has 0 spiro atoms. The number of rotatable bonds is 4. The maximum absolute atomic E-state index is 5.81. The fourth-order valence-electron chi connectivity index (χ4n) is 2.56. The number of para-hydroxylation sites is 1. The van der Waals surface area contributed by atoms with Crippen LogP contribution in [0, 0.1) is 6.92 Å². The third kappa shape index (κ3) is 2.39. The van der Waals surface area contributed by atoms with E-state index in [1.165, 1.54) is 5.56 Å². The van der Waals surface area contributed by atoms with Gasteiger partial charge < -0.3 is 10.1 Å². The second-order valence-corrected chi connectivity index (χ2v) is 5.04. The molecule has 0 fully saturated rings. The van der Waals surface area contributed by atoms with Crippen LogP contribution in [0.3, 0.4) is 0 Å². The van der Waals surface area contributed by atoms with Gasteiger partial charge in [-0.15, -0.1) is 0 Å². The van der Waals surface area contributed by atoms with E-state index in [0.717, 1.165) is 42.3 Å². The first kappa shape index (κ1) is 13.1. The van der Waals surface area contributed by atoms with Gasteiger partial charge in [-0.25, -0.2) is 9.97 Å². The SMILES string of the molecule is CCNC(c1ncc(C)cn1)c1cccc2c1OCC2. The second kappa shape index (κ2) is 5.59. The maximum Gasteiger partial charge on any atom is 0.149 e.